The van der Waals surface area contributed by atoms with Crippen molar-refractivity contribution in [2.75, 3.05) is 30.3 Å². The van der Waals surface area contributed by atoms with E-state index in [1.165, 1.54) is 0 Å². The number of halogens is 1. The van der Waals surface area contributed by atoms with Crippen LogP contribution in [0.4, 0.5) is 22.2 Å². The highest BCUT2D eigenvalue weighted by molar-refractivity contribution is 6.31. The van der Waals surface area contributed by atoms with Gasteiger partial charge in [-0.15, -0.1) is 5.10 Å². The van der Waals surface area contributed by atoms with Crippen LogP contribution >= 0.6 is 11.6 Å². The Morgan fingerprint density at radius 1 is 1.37 bits per heavy atom. The molecule has 2 heterocycles. The average molecular weight is 391 g/mol. The van der Waals surface area contributed by atoms with Crippen LogP contribution in [-0.4, -0.2) is 51.9 Å². The lowest BCUT2D eigenvalue weighted by atomic mass is 10.1. The van der Waals surface area contributed by atoms with Gasteiger partial charge in [0.05, 0.1) is 12.8 Å². The number of likely N-dealkylation sites (tertiary alicyclic amines) is 1. The number of hydrogen-bond acceptors (Lipinski definition) is 7. The molecule has 0 saturated carbocycles. The Morgan fingerprint density at radius 3 is 2.85 bits per heavy atom. The van der Waals surface area contributed by atoms with E-state index in [1.807, 2.05) is 32.0 Å². The summed E-state index contributed by atoms with van der Waals surface area (Å²) in [5, 5.41) is 15.2. The second-order valence-electron chi connectivity index (χ2n) is 6.36. The number of hydrogen-bond donors (Lipinski definition) is 2. The van der Waals surface area contributed by atoms with Crippen molar-refractivity contribution in [3.05, 3.63) is 35.0 Å². The van der Waals surface area contributed by atoms with Gasteiger partial charge in [-0.05, 0) is 44.4 Å². The first-order valence-electron chi connectivity index (χ1n) is 8.96. The average Bonchev–Trinajstić information content (AvgIpc) is 2.66. The number of aryl methyl sites for hydroxylation is 1. The van der Waals surface area contributed by atoms with Crippen LogP contribution in [0.2, 0.25) is 5.02 Å². The van der Waals surface area contributed by atoms with Crippen molar-refractivity contribution in [3.63, 3.8) is 0 Å². The number of ether oxygens (including phenoxy) is 1. The highest BCUT2D eigenvalue weighted by Gasteiger charge is 2.23. The van der Waals surface area contributed by atoms with Crippen molar-refractivity contribution in [3.8, 4) is 0 Å². The lowest BCUT2D eigenvalue weighted by Crippen LogP contribution is -2.42. The molecule has 1 aliphatic heterocycles. The van der Waals surface area contributed by atoms with Gasteiger partial charge in [-0.25, -0.2) is 4.79 Å². The zero-order chi connectivity index (χ0) is 19.2. The summed E-state index contributed by atoms with van der Waals surface area (Å²) in [5.74, 6) is 1.03. The second-order valence-corrected chi connectivity index (χ2v) is 6.77. The first-order valence-corrected chi connectivity index (χ1v) is 9.34. The molecule has 27 heavy (non-hydrogen) atoms. The summed E-state index contributed by atoms with van der Waals surface area (Å²) in [5.41, 5.74) is 1.80. The summed E-state index contributed by atoms with van der Waals surface area (Å²) in [6.45, 7) is 5.46. The fourth-order valence-electron chi connectivity index (χ4n) is 2.86. The molecule has 144 valence electrons. The zero-order valence-electron chi connectivity index (χ0n) is 15.4. The fourth-order valence-corrected chi connectivity index (χ4v) is 3.04. The van der Waals surface area contributed by atoms with Crippen molar-refractivity contribution < 1.29 is 9.53 Å². The molecule has 1 aromatic heterocycles. The molecule has 1 amide bonds. The lowest BCUT2D eigenvalue weighted by Gasteiger charge is -2.31. The molecule has 2 aromatic rings. The highest BCUT2D eigenvalue weighted by Crippen LogP contribution is 2.22. The molecular weight excluding hydrogens is 368 g/mol. The number of anilines is 3. The predicted octanol–water partition coefficient (Wildman–Crippen LogP) is 3.61. The van der Waals surface area contributed by atoms with Crippen molar-refractivity contribution in [1.82, 2.24) is 20.1 Å². The summed E-state index contributed by atoms with van der Waals surface area (Å²) in [6, 6.07) is 5.88. The van der Waals surface area contributed by atoms with E-state index < -0.39 is 0 Å². The van der Waals surface area contributed by atoms with Crippen molar-refractivity contribution in [2.45, 2.75) is 32.7 Å². The van der Waals surface area contributed by atoms with E-state index in [4.69, 9.17) is 16.3 Å². The topological polar surface area (TPSA) is 92.3 Å². The largest absolute Gasteiger partial charge is 0.450 e. The monoisotopic (exact) mass is 390 g/mol. The maximum absolute atomic E-state index is 11.8. The quantitative estimate of drug-likeness (QED) is 0.805. The Bertz CT molecular complexity index is 795. The molecule has 0 unspecified atom stereocenters. The molecule has 1 fully saturated rings. The maximum Gasteiger partial charge on any atom is 0.409 e. The summed E-state index contributed by atoms with van der Waals surface area (Å²) >= 11 is 6.15. The van der Waals surface area contributed by atoms with Gasteiger partial charge in [0.15, 0.2) is 5.82 Å². The minimum atomic E-state index is -0.247. The summed E-state index contributed by atoms with van der Waals surface area (Å²) in [4.78, 5) is 17.9. The van der Waals surface area contributed by atoms with Gasteiger partial charge >= 0.3 is 6.09 Å². The standard InChI is InChI=1S/C18H23ClN6O2/c1-3-27-18(26)25-8-6-13(7-9-25)21-16-11-20-24-17(23-16)22-14-5-4-12(2)15(19)10-14/h4-5,10-11,13H,3,6-9H2,1-2H3,(H2,21,22,23,24). The molecule has 0 aliphatic carbocycles. The van der Waals surface area contributed by atoms with E-state index in [2.05, 4.69) is 25.8 Å². The third-order valence-electron chi connectivity index (χ3n) is 4.36. The number of carbonyl (C=O) groups excluding carboxylic acids is 1. The van der Waals surface area contributed by atoms with Crippen LogP contribution in [0, 0.1) is 6.92 Å². The molecule has 1 saturated heterocycles. The Labute approximate surface area is 163 Å². The zero-order valence-corrected chi connectivity index (χ0v) is 16.2. The van der Waals surface area contributed by atoms with Crippen LogP contribution in [0.3, 0.4) is 0 Å². The van der Waals surface area contributed by atoms with Gasteiger partial charge in [0, 0.05) is 29.8 Å². The van der Waals surface area contributed by atoms with Crippen LogP contribution in [0.15, 0.2) is 24.4 Å². The van der Waals surface area contributed by atoms with Gasteiger partial charge in [0.1, 0.15) is 0 Å². The number of nitrogens with zero attached hydrogens (tertiary/aromatic N) is 4. The van der Waals surface area contributed by atoms with E-state index >= 15 is 0 Å². The molecule has 0 spiro atoms. The van der Waals surface area contributed by atoms with E-state index in [0.29, 0.717) is 36.5 Å². The Balaban J connectivity index is 1.56. The number of nitrogens with one attached hydrogen (secondary N) is 2. The van der Waals surface area contributed by atoms with Gasteiger partial charge in [0.2, 0.25) is 5.95 Å². The minimum absolute atomic E-state index is 0.217. The van der Waals surface area contributed by atoms with Gasteiger partial charge < -0.3 is 20.3 Å². The second kappa shape index (κ2) is 8.85. The summed E-state index contributed by atoms with van der Waals surface area (Å²) in [7, 11) is 0. The normalized spacial score (nSPS) is 14.7. The van der Waals surface area contributed by atoms with Crippen molar-refractivity contribution in [2.24, 2.45) is 0 Å². The predicted molar refractivity (Wildman–Crippen MR) is 105 cm³/mol. The van der Waals surface area contributed by atoms with E-state index in [1.54, 1.807) is 11.1 Å². The molecule has 0 atom stereocenters. The molecule has 0 radical (unpaired) electrons. The summed E-state index contributed by atoms with van der Waals surface area (Å²) in [6.07, 6.45) is 2.98. The number of carbonyl (C=O) groups is 1. The number of piperidine rings is 1. The first-order chi connectivity index (χ1) is 13.0. The molecule has 3 rings (SSSR count). The summed E-state index contributed by atoms with van der Waals surface area (Å²) < 4.78 is 5.04. The van der Waals surface area contributed by atoms with E-state index in [0.717, 1.165) is 24.1 Å². The smallest absolute Gasteiger partial charge is 0.409 e. The number of benzene rings is 1. The molecular formula is C18H23ClN6O2. The van der Waals surface area contributed by atoms with Crippen LogP contribution in [-0.2, 0) is 4.74 Å². The fraction of sp³-hybridized carbons (Fsp3) is 0.444. The Kier molecular flexibility index (Phi) is 6.28. The molecule has 8 nitrogen and oxygen atoms in total. The van der Waals surface area contributed by atoms with Crippen molar-refractivity contribution in [1.29, 1.82) is 0 Å². The van der Waals surface area contributed by atoms with Gasteiger partial charge in [-0.1, -0.05) is 17.7 Å². The SMILES string of the molecule is CCOC(=O)N1CCC(Nc2cnnc(Nc3ccc(C)c(Cl)c3)n2)CC1. The molecule has 9 heteroatoms. The molecule has 1 aliphatic rings. The highest BCUT2D eigenvalue weighted by atomic mass is 35.5. The van der Waals surface area contributed by atoms with Gasteiger partial charge in [-0.2, -0.15) is 10.1 Å². The van der Waals surface area contributed by atoms with Crippen LogP contribution < -0.4 is 10.6 Å². The maximum atomic E-state index is 11.8. The van der Waals surface area contributed by atoms with Crippen LogP contribution in [0.1, 0.15) is 25.3 Å². The minimum Gasteiger partial charge on any atom is -0.450 e. The first kappa shape index (κ1) is 19.2. The van der Waals surface area contributed by atoms with Crippen molar-refractivity contribution >= 4 is 35.1 Å². The van der Waals surface area contributed by atoms with Gasteiger partial charge in [-0.3, -0.25) is 0 Å². The van der Waals surface area contributed by atoms with Crippen LogP contribution in [0.25, 0.3) is 0 Å². The Morgan fingerprint density at radius 2 is 2.15 bits per heavy atom. The van der Waals surface area contributed by atoms with Crippen LogP contribution in [0.5, 0.6) is 0 Å². The molecule has 0 bridgehead atoms. The van der Waals surface area contributed by atoms with E-state index in [9.17, 15) is 4.79 Å². The van der Waals surface area contributed by atoms with Gasteiger partial charge in [0.25, 0.3) is 0 Å². The number of amides is 1. The van der Waals surface area contributed by atoms with E-state index in [-0.39, 0.29) is 12.1 Å². The third-order valence-corrected chi connectivity index (χ3v) is 4.77. The molecule has 2 N–H and O–H groups in total. The molecule has 1 aromatic carbocycles. The number of rotatable bonds is 5. The Hall–Kier alpha value is -2.61. The number of aromatic nitrogens is 3. The lowest BCUT2D eigenvalue weighted by molar-refractivity contribution is 0.0983. The third kappa shape index (κ3) is 5.19.